The Bertz CT molecular complexity index is 927. The fraction of sp³-hybridized carbons (Fsp3) is 0.368. The number of hydrogen-bond donors (Lipinski definition) is 1. The molecule has 0 radical (unpaired) electrons. The molecular formula is C19H27ClN4O4S2. The molecule has 11 heteroatoms. The first-order chi connectivity index (χ1) is 13.7. The maximum Gasteiger partial charge on any atom is 0.293 e. The molecule has 0 atom stereocenters. The molecule has 2 N–H and O–H groups in total. The van der Waals surface area contributed by atoms with Crippen LogP contribution < -0.4 is 10.0 Å². The van der Waals surface area contributed by atoms with E-state index in [-0.39, 0.29) is 23.0 Å². The smallest absolute Gasteiger partial charge is 0.293 e. The summed E-state index contributed by atoms with van der Waals surface area (Å²) in [4.78, 5) is 15.9. The van der Waals surface area contributed by atoms with Gasteiger partial charge in [0.05, 0.1) is 9.82 Å². The predicted octanol–water partition coefficient (Wildman–Crippen LogP) is 3.21. The van der Waals surface area contributed by atoms with Crippen molar-refractivity contribution in [1.29, 1.82) is 0 Å². The fourth-order valence-electron chi connectivity index (χ4n) is 2.81. The van der Waals surface area contributed by atoms with Gasteiger partial charge in [-0.2, -0.15) is 0 Å². The third-order valence-corrected chi connectivity index (χ3v) is 6.12. The van der Waals surface area contributed by atoms with Crippen molar-refractivity contribution in [3.63, 3.8) is 0 Å². The third-order valence-electron chi connectivity index (χ3n) is 4.22. The summed E-state index contributed by atoms with van der Waals surface area (Å²) in [7, 11) is -0.0739. The standard InChI is InChI=1S/C19H26N4O4S2.ClH/c1-21(2)11-6-12-22(13-14-28-16-7-4-3-5-8-16)18-10-9-17(29(20,26)27)15-19(18)23(24)25;/h3-5,7-10,15H,6,11-14H2,1-2H3,(H2,20,26,27);1H. The molecule has 0 unspecified atom stereocenters. The quantitative estimate of drug-likeness (QED) is 0.302. The van der Waals surface area contributed by atoms with Gasteiger partial charge >= 0.3 is 0 Å². The minimum atomic E-state index is -4.02. The number of nitrogens with zero attached hydrogens (tertiary/aromatic N) is 3. The van der Waals surface area contributed by atoms with E-state index in [0.29, 0.717) is 18.8 Å². The van der Waals surface area contributed by atoms with Gasteiger partial charge in [-0.25, -0.2) is 13.6 Å². The molecule has 0 bridgehead atoms. The molecule has 0 aliphatic carbocycles. The largest absolute Gasteiger partial charge is 0.365 e. The van der Waals surface area contributed by atoms with Gasteiger partial charge in [-0.05, 0) is 51.3 Å². The SMILES string of the molecule is CN(C)CCCN(CCSc1ccccc1)c1ccc(S(N)(=O)=O)cc1[N+](=O)[O-].Cl. The van der Waals surface area contributed by atoms with E-state index >= 15 is 0 Å². The minimum Gasteiger partial charge on any atom is -0.365 e. The molecule has 2 aromatic rings. The lowest BCUT2D eigenvalue weighted by Gasteiger charge is -2.25. The van der Waals surface area contributed by atoms with Crippen LogP contribution >= 0.6 is 24.2 Å². The lowest BCUT2D eigenvalue weighted by Crippen LogP contribution is -2.30. The van der Waals surface area contributed by atoms with Crippen LogP contribution in [-0.2, 0) is 10.0 Å². The molecule has 0 saturated carbocycles. The normalized spacial score (nSPS) is 11.2. The second-order valence-electron chi connectivity index (χ2n) is 6.76. The van der Waals surface area contributed by atoms with Crippen molar-refractivity contribution in [1.82, 2.24) is 4.90 Å². The highest BCUT2D eigenvalue weighted by Crippen LogP contribution is 2.31. The van der Waals surface area contributed by atoms with E-state index in [0.717, 1.165) is 29.7 Å². The summed E-state index contributed by atoms with van der Waals surface area (Å²) in [6, 6.07) is 13.8. The van der Waals surface area contributed by atoms with Crippen molar-refractivity contribution in [2.24, 2.45) is 5.14 Å². The second-order valence-corrected chi connectivity index (χ2v) is 9.49. The number of nitro benzene ring substituents is 1. The van der Waals surface area contributed by atoms with Gasteiger partial charge in [0.15, 0.2) is 0 Å². The first kappa shape index (κ1) is 26.2. The predicted molar refractivity (Wildman–Crippen MR) is 124 cm³/mol. The summed E-state index contributed by atoms with van der Waals surface area (Å²) >= 11 is 1.67. The highest BCUT2D eigenvalue weighted by atomic mass is 35.5. The zero-order valence-electron chi connectivity index (χ0n) is 16.9. The Morgan fingerprint density at radius 3 is 2.30 bits per heavy atom. The van der Waals surface area contributed by atoms with E-state index in [1.165, 1.54) is 12.1 Å². The van der Waals surface area contributed by atoms with Gasteiger partial charge in [0, 0.05) is 29.8 Å². The summed E-state index contributed by atoms with van der Waals surface area (Å²) in [5.74, 6) is 0.736. The average Bonchev–Trinajstić information content (AvgIpc) is 2.66. The van der Waals surface area contributed by atoms with E-state index in [1.807, 2.05) is 49.3 Å². The molecule has 0 fully saturated rings. The molecule has 0 heterocycles. The Kier molecular flexibility index (Phi) is 10.6. The zero-order chi connectivity index (χ0) is 21.4. The van der Waals surface area contributed by atoms with Crippen molar-refractivity contribution in [2.75, 3.05) is 44.4 Å². The first-order valence-corrected chi connectivity index (χ1v) is 11.6. The van der Waals surface area contributed by atoms with E-state index in [1.54, 1.807) is 11.8 Å². The van der Waals surface area contributed by atoms with Gasteiger partial charge < -0.3 is 9.80 Å². The molecule has 0 aromatic heterocycles. The van der Waals surface area contributed by atoms with Crippen LogP contribution in [0.15, 0.2) is 58.3 Å². The molecule has 0 saturated heterocycles. The van der Waals surface area contributed by atoms with Crippen LogP contribution in [0.1, 0.15) is 6.42 Å². The van der Waals surface area contributed by atoms with Gasteiger partial charge in [-0.15, -0.1) is 24.2 Å². The number of primary sulfonamides is 1. The Morgan fingerprint density at radius 2 is 1.73 bits per heavy atom. The summed E-state index contributed by atoms with van der Waals surface area (Å²) in [6.45, 7) is 2.04. The van der Waals surface area contributed by atoms with Gasteiger partial charge in [0.1, 0.15) is 5.69 Å². The number of nitrogens with two attached hydrogens (primary N) is 1. The Morgan fingerprint density at radius 1 is 1.07 bits per heavy atom. The Balaban J connectivity index is 0.00000450. The van der Waals surface area contributed by atoms with Crippen LogP contribution in [0.3, 0.4) is 0 Å². The van der Waals surface area contributed by atoms with Crippen LogP contribution in [0.2, 0.25) is 0 Å². The van der Waals surface area contributed by atoms with E-state index in [2.05, 4.69) is 4.90 Å². The molecule has 0 aliphatic rings. The van der Waals surface area contributed by atoms with Gasteiger partial charge in [-0.3, -0.25) is 10.1 Å². The van der Waals surface area contributed by atoms with Gasteiger partial charge in [0.2, 0.25) is 10.0 Å². The zero-order valence-corrected chi connectivity index (χ0v) is 19.4. The number of anilines is 1. The number of hydrogen-bond acceptors (Lipinski definition) is 7. The molecule has 0 aliphatic heterocycles. The van der Waals surface area contributed by atoms with Gasteiger partial charge in [-0.1, -0.05) is 18.2 Å². The molecular weight excluding hydrogens is 448 g/mol. The first-order valence-electron chi connectivity index (χ1n) is 9.07. The summed E-state index contributed by atoms with van der Waals surface area (Å²) in [5, 5.41) is 16.7. The number of halogens is 1. The number of thioether (sulfide) groups is 1. The molecule has 0 amide bonds. The summed E-state index contributed by atoms with van der Waals surface area (Å²) < 4.78 is 23.2. The maximum absolute atomic E-state index is 11.6. The summed E-state index contributed by atoms with van der Waals surface area (Å²) in [5.41, 5.74) is 0.140. The Hall–Kier alpha value is -1.85. The van der Waals surface area contributed by atoms with E-state index < -0.39 is 14.9 Å². The highest BCUT2D eigenvalue weighted by molar-refractivity contribution is 7.99. The maximum atomic E-state index is 11.6. The molecule has 2 aromatic carbocycles. The van der Waals surface area contributed by atoms with E-state index in [4.69, 9.17) is 5.14 Å². The van der Waals surface area contributed by atoms with Crippen LogP contribution in [0.4, 0.5) is 11.4 Å². The molecule has 8 nitrogen and oxygen atoms in total. The van der Waals surface area contributed by atoms with Gasteiger partial charge in [0.25, 0.3) is 5.69 Å². The lowest BCUT2D eigenvalue weighted by atomic mass is 10.2. The molecule has 0 spiro atoms. The number of sulfonamides is 1. The fourth-order valence-corrected chi connectivity index (χ4v) is 4.25. The topological polar surface area (TPSA) is 110 Å². The summed E-state index contributed by atoms with van der Waals surface area (Å²) in [6.07, 6.45) is 0.817. The minimum absolute atomic E-state index is 0. The monoisotopic (exact) mass is 474 g/mol. The van der Waals surface area contributed by atoms with Crippen molar-refractivity contribution < 1.29 is 13.3 Å². The average molecular weight is 475 g/mol. The van der Waals surface area contributed by atoms with Crippen molar-refractivity contribution in [3.8, 4) is 0 Å². The number of rotatable bonds is 11. The van der Waals surface area contributed by atoms with E-state index in [9.17, 15) is 18.5 Å². The van der Waals surface area contributed by atoms with Crippen LogP contribution in [0.5, 0.6) is 0 Å². The van der Waals surface area contributed by atoms with Crippen molar-refractivity contribution >= 4 is 45.6 Å². The molecule has 30 heavy (non-hydrogen) atoms. The Labute approximate surface area is 188 Å². The van der Waals surface area contributed by atoms with Crippen molar-refractivity contribution in [2.45, 2.75) is 16.2 Å². The van der Waals surface area contributed by atoms with Crippen LogP contribution in [-0.4, -0.2) is 57.7 Å². The molecule has 166 valence electrons. The van der Waals surface area contributed by atoms with Crippen molar-refractivity contribution in [3.05, 3.63) is 58.6 Å². The third kappa shape index (κ3) is 8.11. The number of benzene rings is 2. The van der Waals surface area contributed by atoms with Crippen LogP contribution in [0, 0.1) is 10.1 Å². The highest BCUT2D eigenvalue weighted by Gasteiger charge is 2.23. The second kappa shape index (κ2) is 12.1. The number of nitro groups is 1. The van der Waals surface area contributed by atoms with Crippen LogP contribution in [0.25, 0.3) is 0 Å². The molecule has 2 rings (SSSR count). The lowest BCUT2D eigenvalue weighted by molar-refractivity contribution is -0.384.